The van der Waals surface area contributed by atoms with E-state index in [9.17, 15) is 13.5 Å². The predicted molar refractivity (Wildman–Crippen MR) is 67.0 cm³/mol. The van der Waals surface area contributed by atoms with Gasteiger partial charge in [-0.2, -0.15) is 4.31 Å². The van der Waals surface area contributed by atoms with Gasteiger partial charge in [0.05, 0.1) is 13.2 Å². The molecule has 1 heterocycles. The van der Waals surface area contributed by atoms with Gasteiger partial charge in [0.2, 0.25) is 10.0 Å². The summed E-state index contributed by atoms with van der Waals surface area (Å²) < 4.78 is 31.4. The Morgan fingerprint density at radius 3 is 2.50 bits per heavy atom. The van der Waals surface area contributed by atoms with Crippen molar-refractivity contribution in [3.05, 3.63) is 24.3 Å². The lowest BCUT2D eigenvalue weighted by Gasteiger charge is -2.29. The summed E-state index contributed by atoms with van der Waals surface area (Å²) in [5.74, 6) is 0.351. The van der Waals surface area contributed by atoms with Gasteiger partial charge in [-0.05, 0) is 25.0 Å². The average Bonchev–Trinajstić information content (AvgIpc) is 2.39. The normalized spacial score (nSPS) is 18.8. The third-order valence-corrected chi connectivity index (χ3v) is 5.05. The number of ether oxygens (including phenoxy) is 1. The first kappa shape index (κ1) is 13.3. The minimum absolute atomic E-state index is 0.184. The highest BCUT2D eigenvalue weighted by molar-refractivity contribution is 7.89. The van der Waals surface area contributed by atoms with Crippen molar-refractivity contribution in [1.82, 2.24) is 4.31 Å². The summed E-state index contributed by atoms with van der Waals surface area (Å²) in [5, 5.41) is 9.42. The van der Waals surface area contributed by atoms with Crippen molar-refractivity contribution in [3.63, 3.8) is 0 Å². The van der Waals surface area contributed by atoms with Crippen molar-refractivity contribution in [2.75, 3.05) is 20.2 Å². The molecular weight excluding hydrogens is 254 g/mol. The Bertz CT molecular complexity index is 507. The fourth-order valence-electron chi connectivity index (χ4n) is 2.05. The van der Waals surface area contributed by atoms with Crippen molar-refractivity contribution < 1.29 is 18.3 Å². The predicted octanol–water partition coefficient (Wildman–Crippen LogP) is 0.841. The number of piperidine rings is 1. The minimum atomic E-state index is -3.53. The monoisotopic (exact) mass is 271 g/mol. The molecule has 1 aromatic carbocycles. The van der Waals surface area contributed by atoms with Gasteiger partial charge < -0.3 is 9.84 Å². The quantitative estimate of drug-likeness (QED) is 0.884. The summed E-state index contributed by atoms with van der Waals surface area (Å²) in [5.41, 5.74) is 0. The molecular formula is C12H17NO4S. The average molecular weight is 271 g/mol. The molecule has 0 aromatic heterocycles. The number of methoxy groups -OCH3 is 1. The first-order valence-corrected chi connectivity index (χ1v) is 7.31. The van der Waals surface area contributed by atoms with Crippen LogP contribution in [-0.4, -0.2) is 44.1 Å². The molecule has 100 valence electrons. The second-order valence-electron chi connectivity index (χ2n) is 4.29. The van der Waals surface area contributed by atoms with E-state index in [1.165, 1.54) is 11.4 Å². The Kier molecular flexibility index (Phi) is 3.89. The van der Waals surface area contributed by atoms with Crippen LogP contribution in [0.4, 0.5) is 0 Å². The van der Waals surface area contributed by atoms with Crippen LogP contribution in [-0.2, 0) is 10.0 Å². The third kappa shape index (κ3) is 2.50. The van der Waals surface area contributed by atoms with Gasteiger partial charge in [-0.1, -0.05) is 12.1 Å². The first-order valence-electron chi connectivity index (χ1n) is 5.87. The summed E-state index contributed by atoms with van der Waals surface area (Å²) >= 11 is 0. The molecule has 0 unspecified atom stereocenters. The van der Waals surface area contributed by atoms with Crippen molar-refractivity contribution in [1.29, 1.82) is 0 Å². The second-order valence-corrected chi connectivity index (χ2v) is 6.19. The van der Waals surface area contributed by atoms with Gasteiger partial charge in [0.15, 0.2) is 0 Å². The van der Waals surface area contributed by atoms with Crippen LogP contribution in [0.15, 0.2) is 29.2 Å². The Morgan fingerprint density at radius 1 is 1.28 bits per heavy atom. The lowest BCUT2D eigenvalue weighted by atomic mass is 10.1. The van der Waals surface area contributed by atoms with Crippen molar-refractivity contribution in [3.8, 4) is 5.75 Å². The second kappa shape index (κ2) is 5.26. The van der Waals surface area contributed by atoms with E-state index in [-0.39, 0.29) is 4.90 Å². The SMILES string of the molecule is COc1ccccc1S(=O)(=O)N1CCC(O)CC1. The van der Waals surface area contributed by atoms with Crippen LogP contribution in [0, 0.1) is 0 Å². The number of nitrogens with zero attached hydrogens (tertiary/aromatic N) is 1. The molecule has 0 atom stereocenters. The number of rotatable bonds is 3. The molecule has 0 aliphatic carbocycles. The fourth-order valence-corrected chi connectivity index (χ4v) is 3.68. The molecule has 1 aliphatic heterocycles. The molecule has 1 fully saturated rings. The van der Waals surface area contributed by atoms with E-state index >= 15 is 0 Å². The number of benzene rings is 1. The summed E-state index contributed by atoms with van der Waals surface area (Å²) in [4.78, 5) is 0.184. The molecule has 1 aromatic rings. The topological polar surface area (TPSA) is 66.8 Å². The summed E-state index contributed by atoms with van der Waals surface area (Å²) in [6.07, 6.45) is 0.567. The highest BCUT2D eigenvalue weighted by atomic mass is 32.2. The highest BCUT2D eigenvalue weighted by Crippen LogP contribution is 2.27. The van der Waals surface area contributed by atoms with Gasteiger partial charge in [0, 0.05) is 13.1 Å². The Labute approximate surface area is 107 Å². The molecule has 0 radical (unpaired) electrons. The van der Waals surface area contributed by atoms with Crippen LogP contribution in [0.1, 0.15) is 12.8 Å². The van der Waals surface area contributed by atoms with E-state index in [2.05, 4.69) is 0 Å². The van der Waals surface area contributed by atoms with E-state index in [1.54, 1.807) is 24.3 Å². The van der Waals surface area contributed by atoms with Gasteiger partial charge in [-0.15, -0.1) is 0 Å². The van der Waals surface area contributed by atoms with Crippen LogP contribution in [0.2, 0.25) is 0 Å². The summed E-state index contributed by atoms with van der Waals surface area (Å²) in [6, 6.07) is 6.58. The number of hydrogen-bond acceptors (Lipinski definition) is 4. The standard InChI is InChI=1S/C12H17NO4S/c1-17-11-4-2-3-5-12(11)18(15,16)13-8-6-10(14)7-9-13/h2-5,10,14H,6-9H2,1H3. The van der Waals surface area contributed by atoms with Crippen LogP contribution in [0.5, 0.6) is 5.75 Å². The van der Waals surface area contributed by atoms with Crippen molar-refractivity contribution >= 4 is 10.0 Å². The van der Waals surface area contributed by atoms with E-state index in [4.69, 9.17) is 4.74 Å². The number of aliphatic hydroxyl groups is 1. The first-order chi connectivity index (χ1) is 8.55. The van der Waals surface area contributed by atoms with Crippen LogP contribution >= 0.6 is 0 Å². The minimum Gasteiger partial charge on any atom is -0.495 e. The molecule has 5 nitrogen and oxygen atoms in total. The third-order valence-electron chi connectivity index (χ3n) is 3.11. The zero-order chi connectivity index (χ0) is 13.2. The van der Waals surface area contributed by atoms with Crippen LogP contribution in [0.3, 0.4) is 0 Å². The maximum atomic E-state index is 12.4. The molecule has 0 bridgehead atoms. The molecule has 18 heavy (non-hydrogen) atoms. The highest BCUT2D eigenvalue weighted by Gasteiger charge is 2.30. The maximum absolute atomic E-state index is 12.4. The maximum Gasteiger partial charge on any atom is 0.246 e. The molecule has 6 heteroatoms. The number of aliphatic hydroxyl groups excluding tert-OH is 1. The number of para-hydroxylation sites is 1. The molecule has 0 amide bonds. The zero-order valence-electron chi connectivity index (χ0n) is 10.2. The summed E-state index contributed by atoms with van der Waals surface area (Å²) in [7, 11) is -2.08. The van der Waals surface area contributed by atoms with Gasteiger partial charge >= 0.3 is 0 Å². The van der Waals surface area contributed by atoms with E-state index in [0.717, 1.165) is 0 Å². The zero-order valence-corrected chi connectivity index (χ0v) is 11.1. The van der Waals surface area contributed by atoms with E-state index < -0.39 is 16.1 Å². The van der Waals surface area contributed by atoms with Crippen molar-refractivity contribution in [2.24, 2.45) is 0 Å². The fraction of sp³-hybridized carbons (Fsp3) is 0.500. The molecule has 1 saturated heterocycles. The lowest BCUT2D eigenvalue weighted by Crippen LogP contribution is -2.40. The van der Waals surface area contributed by atoms with Crippen LogP contribution < -0.4 is 4.74 Å². The van der Waals surface area contributed by atoms with Crippen molar-refractivity contribution in [2.45, 2.75) is 23.8 Å². The summed E-state index contributed by atoms with van der Waals surface area (Å²) in [6.45, 7) is 0.698. The lowest BCUT2D eigenvalue weighted by molar-refractivity contribution is 0.113. The number of hydrogen-bond donors (Lipinski definition) is 1. The van der Waals surface area contributed by atoms with E-state index in [0.29, 0.717) is 31.7 Å². The van der Waals surface area contributed by atoms with Gasteiger partial charge in [-0.25, -0.2) is 8.42 Å². The van der Waals surface area contributed by atoms with Gasteiger partial charge in [-0.3, -0.25) is 0 Å². The van der Waals surface area contributed by atoms with Gasteiger partial charge in [0.25, 0.3) is 0 Å². The molecule has 2 rings (SSSR count). The van der Waals surface area contributed by atoms with E-state index in [1.807, 2.05) is 0 Å². The molecule has 1 aliphatic rings. The smallest absolute Gasteiger partial charge is 0.246 e. The molecule has 0 saturated carbocycles. The largest absolute Gasteiger partial charge is 0.495 e. The Morgan fingerprint density at radius 2 is 1.89 bits per heavy atom. The molecule has 1 N–H and O–H groups in total. The molecule has 0 spiro atoms. The number of sulfonamides is 1. The van der Waals surface area contributed by atoms with Gasteiger partial charge in [0.1, 0.15) is 10.6 Å². The Hall–Kier alpha value is -1.11. The van der Waals surface area contributed by atoms with Crippen LogP contribution in [0.25, 0.3) is 0 Å². The Balaban J connectivity index is 2.30.